The Morgan fingerprint density at radius 3 is 2.44 bits per heavy atom. The minimum atomic E-state index is -0.298. The molecule has 0 aromatic heterocycles. The smallest absolute Gasteiger partial charge is 0.271 e. The van der Waals surface area contributed by atoms with Crippen LogP contribution in [0.5, 0.6) is 5.75 Å². The second kappa shape index (κ2) is 11.5. The molecule has 0 aliphatic heterocycles. The molecule has 7 heteroatoms. The minimum Gasteiger partial charge on any atom is -0.491 e. The summed E-state index contributed by atoms with van der Waals surface area (Å²) in [7, 11) is 0. The second-order valence-corrected chi connectivity index (χ2v) is 8.07. The van der Waals surface area contributed by atoms with Gasteiger partial charge in [0, 0.05) is 10.6 Å². The molecule has 1 amide bonds. The summed E-state index contributed by atoms with van der Waals surface area (Å²) in [6, 6.07) is 10.4. The average Bonchev–Trinajstić information content (AvgIpc) is 2.64. The van der Waals surface area contributed by atoms with Crippen molar-refractivity contribution >= 4 is 55.6 Å². The number of nitrogens with one attached hydrogen (secondary N) is 1. The monoisotopic (exact) mass is 514 g/mol. The van der Waals surface area contributed by atoms with Crippen molar-refractivity contribution in [3.63, 3.8) is 0 Å². The van der Waals surface area contributed by atoms with Gasteiger partial charge >= 0.3 is 0 Å². The van der Waals surface area contributed by atoms with Crippen LogP contribution >= 0.6 is 43.5 Å². The van der Waals surface area contributed by atoms with Crippen LogP contribution < -0.4 is 10.2 Å². The molecule has 4 nitrogen and oxygen atoms in total. The van der Waals surface area contributed by atoms with Crippen LogP contribution in [0, 0.1) is 0 Å². The van der Waals surface area contributed by atoms with Crippen molar-refractivity contribution in [1.82, 2.24) is 5.43 Å². The molecule has 144 valence electrons. The molecular weight excluding hydrogens is 495 g/mol. The van der Waals surface area contributed by atoms with Crippen LogP contribution in [-0.4, -0.2) is 18.7 Å². The zero-order chi connectivity index (χ0) is 19.6. The van der Waals surface area contributed by atoms with Gasteiger partial charge in [-0.05, 0) is 80.2 Å². The molecule has 0 heterocycles. The Bertz CT molecular complexity index is 772. The summed E-state index contributed by atoms with van der Waals surface area (Å²) in [5, 5.41) is 4.59. The van der Waals surface area contributed by atoms with Crippen molar-refractivity contribution in [2.45, 2.75) is 32.6 Å². The predicted molar refractivity (Wildman–Crippen MR) is 118 cm³/mol. The quantitative estimate of drug-likeness (QED) is 0.232. The molecule has 0 aliphatic rings. The third-order valence-corrected chi connectivity index (χ3v) is 5.18. The molecule has 0 bridgehead atoms. The van der Waals surface area contributed by atoms with Gasteiger partial charge in [-0.15, -0.1) is 0 Å². The molecular formula is C20H21Br2ClN2O2. The number of hydrogen-bond donors (Lipinski definition) is 1. The molecule has 0 fully saturated rings. The van der Waals surface area contributed by atoms with E-state index in [2.05, 4.69) is 49.3 Å². The van der Waals surface area contributed by atoms with Gasteiger partial charge in [0.15, 0.2) is 0 Å². The first-order chi connectivity index (χ1) is 13.0. The van der Waals surface area contributed by atoms with E-state index in [1.807, 2.05) is 12.1 Å². The van der Waals surface area contributed by atoms with E-state index in [1.54, 1.807) is 30.5 Å². The van der Waals surface area contributed by atoms with Crippen molar-refractivity contribution in [1.29, 1.82) is 0 Å². The fourth-order valence-electron chi connectivity index (χ4n) is 2.33. The van der Waals surface area contributed by atoms with E-state index in [0.29, 0.717) is 17.2 Å². The maximum absolute atomic E-state index is 12.0. The lowest BCUT2D eigenvalue weighted by Crippen LogP contribution is -2.17. The van der Waals surface area contributed by atoms with E-state index < -0.39 is 0 Å². The van der Waals surface area contributed by atoms with Gasteiger partial charge in [-0.2, -0.15) is 5.10 Å². The Morgan fingerprint density at radius 2 is 1.81 bits per heavy atom. The molecule has 1 N–H and O–H groups in total. The number of halogens is 3. The van der Waals surface area contributed by atoms with E-state index in [4.69, 9.17) is 16.3 Å². The van der Waals surface area contributed by atoms with Crippen molar-refractivity contribution in [2.75, 3.05) is 6.61 Å². The normalized spacial score (nSPS) is 11.0. The van der Waals surface area contributed by atoms with Crippen LogP contribution in [0.2, 0.25) is 5.02 Å². The molecule has 2 rings (SSSR count). The summed E-state index contributed by atoms with van der Waals surface area (Å²) in [6.07, 6.45) is 6.21. The predicted octanol–water partition coefficient (Wildman–Crippen LogP) is 6.59. The number of nitrogens with zero attached hydrogens (tertiary/aromatic N) is 1. The molecule has 0 unspecified atom stereocenters. The van der Waals surface area contributed by atoms with Gasteiger partial charge in [0.25, 0.3) is 5.91 Å². The van der Waals surface area contributed by atoms with E-state index in [0.717, 1.165) is 26.7 Å². The Labute approximate surface area is 181 Å². The van der Waals surface area contributed by atoms with Gasteiger partial charge < -0.3 is 4.74 Å². The largest absolute Gasteiger partial charge is 0.491 e. The van der Waals surface area contributed by atoms with Crippen LogP contribution in [-0.2, 0) is 0 Å². The standard InChI is InChI=1S/C20H21Br2ClN2O2/c1-2-3-4-5-10-27-19-17(21)11-14(12-18(19)22)13-24-25-20(26)15-6-8-16(23)9-7-15/h6-9,11-13H,2-5,10H2,1H3,(H,25,26)/b24-13+. The van der Waals surface area contributed by atoms with Crippen molar-refractivity contribution < 1.29 is 9.53 Å². The zero-order valence-electron chi connectivity index (χ0n) is 15.0. The first kappa shape index (κ1) is 21.9. The Morgan fingerprint density at radius 1 is 1.15 bits per heavy atom. The summed E-state index contributed by atoms with van der Waals surface area (Å²) in [6.45, 7) is 2.87. The molecule has 0 atom stereocenters. The maximum Gasteiger partial charge on any atom is 0.271 e. The number of ether oxygens (including phenoxy) is 1. The van der Waals surface area contributed by atoms with Crippen LogP contribution in [0.4, 0.5) is 0 Å². The number of unbranched alkanes of at least 4 members (excludes halogenated alkanes) is 3. The third-order valence-electron chi connectivity index (χ3n) is 3.75. The van der Waals surface area contributed by atoms with Crippen LogP contribution in [0.1, 0.15) is 48.5 Å². The molecule has 2 aromatic carbocycles. The van der Waals surface area contributed by atoms with Gasteiger partial charge in [0.1, 0.15) is 5.75 Å². The van der Waals surface area contributed by atoms with Crippen LogP contribution in [0.15, 0.2) is 50.4 Å². The first-order valence-corrected chi connectivity index (χ1v) is 10.7. The van der Waals surface area contributed by atoms with E-state index in [-0.39, 0.29) is 5.91 Å². The molecule has 27 heavy (non-hydrogen) atoms. The molecule has 0 saturated carbocycles. The highest BCUT2D eigenvalue weighted by atomic mass is 79.9. The van der Waals surface area contributed by atoms with Crippen molar-refractivity contribution in [3.8, 4) is 5.75 Å². The molecule has 0 saturated heterocycles. The van der Waals surface area contributed by atoms with Gasteiger partial charge in [0.2, 0.25) is 0 Å². The van der Waals surface area contributed by atoms with Crippen molar-refractivity contribution in [2.24, 2.45) is 5.10 Å². The van der Waals surface area contributed by atoms with Gasteiger partial charge in [0.05, 0.1) is 21.8 Å². The SMILES string of the molecule is CCCCCCOc1c(Br)cc(/C=N/NC(=O)c2ccc(Cl)cc2)cc1Br. The number of amides is 1. The highest BCUT2D eigenvalue weighted by Crippen LogP contribution is 2.34. The Balaban J connectivity index is 1.93. The second-order valence-electron chi connectivity index (χ2n) is 5.93. The van der Waals surface area contributed by atoms with Crippen molar-refractivity contribution in [3.05, 3.63) is 61.5 Å². The molecule has 2 aromatic rings. The summed E-state index contributed by atoms with van der Waals surface area (Å²) < 4.78 is 7.52. The highest BCUT2D eigenvalue weighted by Gasteiger charge is 2.09. The maximum atomic E-state index is 12.0. The lowest BCUT2D eigenvalue weighted by Gasteiger charge is -2.11. The minimum absolute atomic E-state index is 0.298. The highest BCUT2D eigenvalue weighted by molar-refractivity contribution is 9.11. The van der Waals surface area contributed by atoms with Gasteiger partial charge in [-0.3, -0.25) is 4.79 Å². The number of hydrogen-bond acceptors (Lipinski definition) is 3. The summed E-state index contributed by atoms with van der Waals surface area (Å²) in [5.74, 6) is 0.474. The number of rotatable bonds is 9. The molecule has 0 radical (unpaired) electrons. The number of hydrazone groups is 1. The lowest BCUT2D eigenvalue weighted by molar-refractivity contribution is 0.0955. The van der Waals surface area contributed by atoms with E-state index >= 15 is 0 Å². The average molecular weight is 517 g/mol. The fraction of sp³-hybridized carbons (Fsp3) is 0.300. The number of benzene rings is 2. The summed E-state index contributed by atoms with van der Waals surface area (Å²) in [4.78, 5) is 12.0. The Kier molecular flexibility index (Phi) is 9.31. The molecule has 0 aliphatic carbocycles. The van der Waals surface area contributed by atoms with E-state index in [1.165, 1.54) is 19.3 Å². The number of carbonyl (C=O) groups is 1. The molecule has 0 spiro atoms. The zero-order valence-corrected chi connectivity index (χ0v) is 18.9. The topological polar surface area (TPSA) is 50.7 Å². The Hall–Kier alpha value is -1.37. The van der Waals surface area contributed by atoms with Crippen LogP contribution in [0.25, 0.3) is 0 Å². The third kappa shape index (κ3) is 7.28. The van der Waals surface area contributed by atoms with E-state index in [9.17, 15) is 4.79 Å². The fourth-order valence-corrected chi connectivity index (χ4v) is 3.90. The van der Waals surface area contributed by atoms with Gasteiger partial charge in [-0.25, -0.2) is 5.43 Å². The van der Waals surface area contributed by atoms with Crippen LogP contribution in [0.3, 0.4) is 0 Å². The number of carbonyl (C=O) groups excluding carboxylic acids is 1. The summed E-state index contributed by atoms with van der Waals surface area (Å²) >= 11 is 12.9. The lowest BCUT2D eigenvalue weighted by atomic mass is 10.2. The summed E-state index contributed by atoms with van der Waals surface area (Å²) in [5.41, 5.74) is 3.81. The van der Waals surface area contributed by atoms with Gasteiger partial charge in [-0.1, -0.05) is 37.8 Å². The first-order valence-electron chi connectivity index (χ1n) is 8.72.